The Bertz CT molecular complexity index is 116. The summed E-state index contributed by atoms with van der Waals surface area (Å²) in [5.41, 5.74) is 0. The van der Waals surface area contributed by atoms with Crippen LogP contribution in [0.5, 0.6) is 0 Å². The van der Waals surface area contributed by atoms with Gasteiger partial charge in [0.1, 0.15) is 12.6 Å². The van der Waals surface area contributed by atoms with Crippen LogP contribution >= 0.6 is 0 Å². The largest absolute Gasteiger partial charge is 0.376 e. The fourth-order valence-electron chi connectivity index (χ4n) is 0.293. The highest BCUT2D eigenvalue weighted by atomic mass is 32.2. The summed E-state index contributed by atoms with van der Waals surface area (Å²) in [7, 11) is 0. The summed E-state index contributed by atoms with van der Waals surface area (Å²) in [4.78, 5) is 1.22. The molecule has 9 heavy (non-hydrogen) atoms. The van der Waals surface area contributed by atoms with Crippen molar-refractivity contribution in [3.05, 3.63) is 12.8 Å². The van der Waals surface area contributed by atoms with Crippen LogP contribution in [0, 0.1) is 0 Å². The first-order chi connectivity index (χ1) is 4.20. The molecule has 5 heteroatoms. The van der Waals surface area contributed by atoms with Crippen LogP contribution in [0.3, 0.4) is 0 Å². The Kier molecular flexibility index (Phi) is 4.29. The van der Waals surface area contributed by atoms with Crippen LogP contribution in [0.1, 0.15) is 0 Å². The van der Waals surface area contributed by atoms with Gasteiger partial charge in [0.05, 0.1) is 0 Å². The molecule has 0 aromatic rings. The predicted molar refractivity (Wildman–Crippen MR) is 34.8 cm³/mol. The van der Waals surface area contributed by atoms with Crippen LogP contribution in [0.4, 0.5) is 0 Å². The van der Waals surface area contributed by atoms with Crippen LogP contribution in [-0.4, -0.2) is 31.4 Å². The Labute approximate surface area is 56.1 Å². The van der Waals surface area contributed by atoms with Crippen LogP contribution < -0.4 is 0 Å². The van der Waals surface area contributed by atoms with Crippen molar-refractivity contribution < 1.29 is 13.9 Å². The summed E-state index contributed by atoms with van der Waals surface area (Å²) in [5.74, 6) is -0.0972. The average molecular weight is 151 g/mol. The highest BCUT2D eigenvalue weighted by Crippen LogP contribution is 1.86. The Morgan fingerprint density at radius 1 is 1.78 bits per heavy atom. The Balaban J connectivity index is 3.55. The number of aliphatic hydroxyl groups is 1. The van der Waals surface area contributed by atoms with Gasteiger partial charge in [-0.15, -0.1) is 0 Å². The van der Waals surface area contributed by atoms with E-state index in [2.05, 4.69) is 6.58 Å². The van der Waals surface area contributed by atoms with Crippen molar-refractivity contribution >= 4 is 11.1 Å². The molecule has 0 radical (unpaired) electrons. The molecule has 0 aliphatic carbocycles. The monoisotopic (exact) mass is 151 g/mol. The Morgan fingerprint density at radius 2 is 2.33 bits per heavy atom. The number of nitrogens with zero attached hydrogens (tertiary/aromatic N) is 1. The number of aliphatic hydroxyl groups excluding tert-OH is 1. The molecule has 0 rings (SSSR count). The maximum atomic E-state index is 10.0. The topological polar surface area (TPSA) is 60.8 Å². The lowest BCUT2D eigenvalue weighted by Crippen LogP contribution is -2.21. The summed E-state index contributed by atoms with van der Waals surface area (Å²) in [5, 5.41) is 8.38. The van der Waals surface area contributed by atoms with Gasteiger partial charge in [0, 0.05) is 0 Å². The van der Waals surface area contributed by atoms with Gasteiger partial charge in [-0.3, -0.25) is 0 Å². The first-order valence-corrected chi connectivity index (χ1v) is 3.53. The second-order valence-corrected chi connectivity index (χ2v) is 2.26. The van der Waals surface area contributed by atoms with E-state index in [1.165, 1.54) is 11.1 Å². The van der Waals surface area contributed by atoms with E-state index >= 15 is 0 Å². The van der Waals surface area contributed by atoms with E-state index in [-0.39, 0.29) is 12.6 Å². The fraction of sp³-hybridized carbons (Fsp3) is 0.500. The van der Waals surface area contributed by atoms with E-state index < -0.39 is 11.1 Å². The van der Waals surface area contributed by atoms with Gasteiger partial charge in [0.25, 0.3) is 0 Å². The van der Waals surface area contributed by atoms with Crippen molar-refractivity contribution in [2.45, 2.75) is 0 Å². The molecule has 0 spiro atoms. The van der Waals surface area contributed by atoms with E-state index in [0.29, 0.717) is 0 Å². The Morgan fingerprint density at radius 3 is 2.44 bits per heavy atom. The average Bonchev–Trinajstić information content (AvgIpc) is 1.82. The van der Waals surface area contributed by atoms with Gasteiger partial charge < -0.3 is 14.6 Å². The summed E-state index contributed by atoms with van der Waals surface area (Å²) in [6.45, 7) is 3.02. The molecule has 0 aromatic carbocycles. The minimum atomic E-state index is -1.90. The molecule has 0 amide bonds. The highest BCUT2D eigenvalue weighted by molar-refractivity contribution is 7.79. The summed E-state index contributed by atoms with van der Waals surface area (Å²) >= 11 is -1.90. The molecular formula is C4H9NO3S. The van der Waals surface area contributed by atoms with E-state index in [0.717, 1.165) is 0 Å². The normalized spacial score (nSPS) is 12.7. The molecule has 1 atom stereocenters. The van der Waals surface area contributed by atoms with Gasteiger partial charge in [-0.2, -0.15) is 0 Å². The molecular weight excluding hydrogens is 142 g/mol. The van der Waals surface area contributed by atoms with Crippen molar-refractivity contribution in [1.29, 1.82) is 0 Å². The SMILES string of the molecule is C=CN(CO)CS(=O)O. The lowest BCUT2D eigenvalue weighted by atomic mass is 10.8. The molecule has 54 valence electrons. The van der Waals surface area contributed by atoms with Gasteiger partial charge in [-0.05, 0) is 6.20 Å². The van der Waals surface area contributed by atoms with Crippen LogP contribution in [0.15, 0.2) is 12.8 Å². The minimum Gasteiger partial charge on any atom is -0.376 e. The van der Waals surface area contributed by atoms with Crippen LogP contribution in [0.2, 0.25) is 0 Å². The van der Waals surface area contributed by atoms with E-state index in [9.17, 15) is 4.21 Å². The predicted octanol–water partition coefficient (Wildman–Crippen LogP) is -0.439. The maximum Gasteiger partial charge on any atom is 0.173 e. The highest BCUT2D eigenvalue weighted by Gasteiger charge is 1.97. The molecule has 0 bridgehead atoms. The third kappa shape index (κ3) is 4.14. The van der Waals surface area contributed by atoms with Gasteiger partial charge in [-0.25, -0.2) is 4.21 Å². The van der Waals surface area contributed by atoms with Crippen LogP contribution in [0.25, 0.3) is 0 Å². The Hall–Kier alpha value is -0.390. The fourth-order valence-corrected chi connectivity index (χ4v) is 0.764. The summed E-state index contributed by atoms with van der Waals surface area (Å²) < 4.78 is 18.3. The molecule has 0 aromatic heterocycles. The molecule has 0 fully saturated rings. The molecule has 2 N–H and O–H groups in total. The third-order valence-electron chi connectivity index (χ3n) is 0.716. The van der Waals surface area contributed by atoms with Gasteiger partial charge >= 0.3 is 0 Å². The third-order valence-corrected chi connectivity index (χ3v) is 1.27. The van der Waals surface area contributed by atoms with Gasteiger partial charge in [0.2, 0.25) is 0 Å². The zero-order chi connectivity index (χ0) is 7.28. The molecule has 0 aliphatic heterocycles. The van der Waals surface area contributed by atoms with Gasteiger partial charge in [0.15, 0.2) is 11.1 Å². The van der Waals surface area contributed by atoms with Gasteiger partial charge in [-0.1, -0.05) is 6.58 Å². The van der Waals surface area contributed by atoms with Crippen molar-refractivity contribution in [3.8, 4) is 0 Å². The summed E-state index contributed by atoms with van der Waals surface area (Å²) in [6, 6.07) is 0. The van der Waals surface area contributed by atoms with E-state index in [1.807, 2.05) is 0 Å². The minimum absolute atomic E-state index is 0.0972. The number of hydrogen-bond acceptors (Lipinski definition) is 3. The van der Waals surface area contributed by atoms with E-state index in [1.54, 1.807) is 0 Å². The standard InChI is InChI=1S/C4H9NO3S/c1-2-5(3-6)4-9(7)8/h2,6H,1,3-4H2,(H,7,8). The second-order valence-electron chi connectivity index (χ2n) is 1.36. The quantitative estimate of drug-likeness (QED) is 0.422. The first-order valence-electron chi connectivity index (χ1n) is 2.25. The van der Waals surface area contributed by atoms with Crippen molar-refractivity contribution in [3.63, 3.8) is 0 Å². The second kappa shape index (κ2) is 4.49. The van der Waals surface area contributed by atoms with E-state index in [4.69, 9.17) is 9.66 Å². The summed E-state index contributed by atoms with van der Waals surface area (Å²) in [6.07, 6.45) is 1.30. The van der Waals surface area contributed by atoms with Crippen molar-refractivity contribution in [1.82, 2.24) is 4.90 Å². The molecule has 4 nitrogen and oxygen atoms in total. The lowest BCUT2D eigenvalue weighted by Gasteiger charge is -2.12. The molecule has 1 unspecified atom stereocenters. The first kappa shape index (κ1) is 8.61. The number of rotatable bonds is 4. The molecule has 0 saturated carbocycles. The molecule has 0 aliphatic rings. The zero-order valence-corrected chi connectivity index (χ0v) is 5.67. The zero-order valence-electron chi connectivity index (χ0n) is 4.86. The molecule has 0 saturated heterocycles. The molecule has 0 heterocycles. The number of hydrogen-bond donors (Lipinski definition) is 2. The smallest absolute Gasteiger partial charge is 0.173 e. The van der Waals surface area contributed by atoms with Crippen LogP contribution in [-0.2, 0) is 11.1 Å². The van der Waals surface area contributed by atoms with Crippen molar-refractivity contribution in [2.24, 2.45) is 0 Å². The maximum absolute atomic E-state index is 10.0. The van der Waals surface area contributed by atoms with Crippen molar-refractivity contribution in [2.75, 3.05) is 12.6 Å². The lowest BCUT2D eigenvalue weighted by molar-refractivity contribution is 0.167.